The molecule has 0 amide bonds. The lowest BCUT2D eigenvalue weighted by Gasteiger charge is -2.17. The smallest absolute Gasteiger partial charge is 0.341 e. The largest absolute Gasteiger partial charge is 0.477 e. The third-order valence-electron chi connectivity index (χ3n) is 3.34. The number of non-ortho nitro benzene ring substituents is 1. The number of nitro benzene ring substituents is 1. The highest BCUT2D eigenvalue weighted by molar-refractivity contribution is 5.99. The van der Waals surface area contributed by atoms with Crippen LogP contribution in [0.25, 0.3) is 5.69 Å². The van der Waals surface area contributed by atoms with E-state index in [4.69, 9.17) is 0 Å². The van der Waals surface area contributed by atoms with E-state index in [0.717, 1.165) is 12.1 Å². The molecule has 1 N–H and O–H groups in total. The first-order valence-electron chi connectivity index (χ1n) is 7.19. The Hall–Kier alpha value is -3.36. The highest BCUT2D eigenvalue weighted by Gasteiger charge is 2.27. The fourth-order valence-corrected chi connectivity index (χ4v) is 2.06. The van der Waals surface area contributed by atoms with Crippen molar-refractivity contribution in [2.75, 3.05) is 0 Å². The molecule has 0 atom stereocenters. The third-order valence-corrected chi connectivity index (χ3v) is 3.34. The Kier molecular flexibility index (Phi) is 4.51. The molecule has 130 valence electrons. The van der Waals surface area contributed by atoms with Crippen molar-refractivity contribution in [3.63, 3.8) is 0 Å². The van der Waals surface area contributed by atoms with Gasteiger partial charge in [-0.2, -0.15) is 9.78 Å². The fourth-order valence-electron chi connectivity index (χ4n) is 2.06. The van der Waals surface area contributed by atoms with E-state index in [0.29, 0.717) is 4.68 Å². The molecule has 0 saturated carbocycles. The molecule has 2 rings (SSSR count). The van der Waals surface area contributed by atoms with Gasteiger partial charge in [0.2, 0.25) is 0 Å². The molecular weight excluding hydrogens is 330 g/mol. The molecule has 0 saturated heterocycles. The molecule has 0 spiro atoms. The number of hydrogen-bond donors (Lipinski definition) is 1. The van der Waals surface area contributed by atoms with Crippen LogP contribution in [-0.4, -0.2) is 31.6 Å². The SMILES string of the molecule is CC(C)(C)C(=O)c1cc(C(=O)O)c(=O)n(-c2cccc([N+](=O)[O-])c2)n1. The summed E-state index contributed by atoms with van der Waals surface area (Å²) in [5.41, 5.74) is -3.00. The van der Waals surface area contributed by atoms with Gasteiger partial charge in [-0.3, -0.25) is 19.7 Å². The van der Waals surface area contributed by atoms with E-state index in [9.17, 15) is 29.6 Å². The van der Waals surface area contributed by atoms with Crippen LogP contribution in [0.2, 0.25) is 0 Å². The van der Waals surface area contributed by atoms with Crippen LogP contribution >= 0.6 is 0 Å². The summed E-state index contributed by atoms with van der Waals surface area (Å²) in [6.45, 7) is 4.88. The summed E-state index contributed by atoms with van der Waals surface area (Å²) in [6.07, 6.45) is 0. The normalized spacial score (nSPS) is 11.2. The molecule has 9 heteroatoms. The lowest BCUT2D eigenvalue weighted by molar-refractivity contribution is -0.384. The van der Waals surface area contributed by atoms with E-state index in [1.54, 1.807) is 20.8 Å². The Bertz CT molecular complexity index is 940. The Morgan fingerprint density at radius 1 is 1.24 bits per heavy atom. The highest BCUT2D eigenvalue weighted by atomic mass is 16.6. The summed E-state index contributed by atoms with van der Waals surface area (Å²) in [6, 6.07) is 5.91. The minimum Gasteiger partial charge on any atom is -0.477 e. The van der Waals surface area contributed by atoms with Gasteiger partial charge >= 0.3 is 5.97 Å². The molecule has 1 aromatic heterocycles. The third kappa shape index (κ3) is 3.60. The van der Waals surface area contributed by atoms with Gasteiger partial charge in [0.25, 0.3) is 11.2 Å². The van der Waals surface area contributed by atoms with Crippen molar-refractivity contribution < 1.29 is 19.6 Å². The van der Waals surface area contributed by atoms with Crippen molar-refractivity contribution in [1.29, 1.82) is 0 Å². The first-order valence-corrected chi connectivity index (χ1v) is 7.19. The Balaban J connectivity index is 2.77. The molecule has 25 heavy (non-hydrogen) atoms. The number of carboxylic acids is 1. The molecule has 2 aromatic rings. The van der Waals surface area contributed by atoms with Crippen molar-refractivity contribution in [3.05, 3.63) is 62.1 Å². The summed E-state index contributed by atoms with van der Waals surface area (Å²) in [5.74, 6) is -1.98. The zero-order chi connectivity index (χ0) is 18.9. The monoisotopic (exact) mass is 345 g/mol. The van der Waals surface area contributed by atoms with Gasteiger partial charge in [0, 0.05) is 17.5 Å². The molecule has 0 unspecified atom stereocenters. The predicted molar refractivity (Wildman–Crippen MR) is 87.2 cm³/mol. The maximum absolute atomic E-state index is 12.4. The minimum atomic E-state index is -1.52. The standard InChI is InChI=1S/C16H15N3O6/c1-16(2,3)13(20)12-8-11(15(22)23)14(21)18(17-12)9-5-4-6-10(7-9)19(24)25/h4-8H,1-3H3,(H,22,23). The molecule has 0 radical (unpaired) electrons. The molecule has 0 fully saturated rings. The maximum Gasteiger partial charge on any atom is 0.341 e. The topological polar surface area (TPSA) is 132 Å². The van der Waals surface area contributed by atoms with Crippen molar-refractivity contribution in [2.24, 2.45) is 5.41 Å². The van der Waals surface area contributed by atoms with Crippen LogP contribution in [0.4, 0.5) is 5.69 Å². The average molecular weight is 345 g/mol. The van der Waals surface area contributed by atoms with Gasteiger partial charge in [-0.15, -0.1) is 0 Å². The molecule has 1 aromatic carbocycles. The first-order chi connectivity index (χ1) is 11.5. The van der Waals surface area contributed by atoms with Crippen molar-refractivity contribution in [3.8, 4) is 5.69 Å². The van der Waals surface area contributed by atoms with Gasteiger partial charge in [0.05, 0.1) is 10.6 Å². The molecule has 0 aliphatic rings. The van der Waals surface area contributed by atoms with E-state index in [2.05, 4.69) is 5.10 Å². The van der Waals surface area contributed by atoms with E-state index < -0.39 is 33.2 Å². The Morgan fingerprint density at radius 2 is 1.88 bits per heavy atom. The van der Waals surface area contributed by atoms with E-state index in [-0.39, 0.29) is 17.1 Å². The maximum atomic E-state index is 12.4. The number of aromatic carboxylic acids is 1. The number of nitrogens with zero attached hydrogens (tertiary/aromatic N) is 3. The fraction of sp³-hybridized carbons (Fsp3) is 0.250. The second-order valence-electron chi connectivity index (χ2n) is 6.32. The molecule has 0 bridgehead atoms. The number of hydrogen-bond acceptors (Lipinski definition) is 6. The van der Waals surface area contributed by atoms with Crippen LogP contribution < -0.4 is 5.56 Å². The summed E-state index contributed by atoms with van der Waals surface area (Å²) in [4.78, 5) is 46.4. The second kappa shape index (κ2) is 6.27. The summed E-state index contributed by atoms with van der Waals surface area (Å²) in [7, 11) is 0. The number of benzene rings is 1. The number of carbonyl (C=O) groups is 2. The highest BCUT2D eigenvalue weighted by Crippen LogP contribution is 2.20. The van der Waals surface area contributed by atoms with Crippen molar-refractivity contribution >= 4 is 17.4 Å². The summed E-state index contributed by atoms with van der Waals surface area (Å²) >= 11 is 0. The van der Waals surface area contributed by atoms with E-state index >= 15 is 0 Å². The Labute approximate surface area is 141 Å². The summed E-state index contributed by atoms with van der Waals surface area (Å²) < 4.78 is 0.690. The van der Waals surface area contributed by atoms with Crippen molar-refractivity contribution in [1.82, 2.24) is 9.78 Å². The van der Waals surface area contributed by atoms with Crippen LogP contribution in [0.5, 0.6) is 0 Å². The number of aromatic nitrogens is 2. The van der Waals surface area contributed by atoms with Gasteiger partial charge in [0.1, 0.15) is 11.3 Å². The molecule has 0 aliphatic heterocycles. The van der Waals surface area contributed by atoms with E-state index in [1.807, 2.05) is 0 Å². The van der Waals surface area contributed by atoms with Gasteiger partial charge in [-0.05, 0) is 12.1 Å². The second-order valence-corrected chi connectivity index (χ2v) is 6.32. The summed E-state index contributed by atoms with van der Waals surface area (Å²) in [5, 5.41) is 24.1. The van der Waals surface area contributed by atoms with Crippen LogP contribution in [0.1, 0.15) is 41.6 Å². The van der Waals surface area contributed by atoms with Crippen LogP contribution in [0, 0.1) is 15.5 Å². The molecule has 0 aliphatic carbocycles. The van der Waals surface area contributed by atoms with Crippen LogP contribution in [0.3, 0.4) is 0 Å². The zero-order valence-electron chi connectivity index (χ0n) is 13.7. The molecular formula is C16H15N3O6. The van der Waals surface area contributed by atoms with Crippen molar-refractivity contribution in [2.45, 2.75) is 20.8 Å². The van der Waals surface area contributed by atoms with Gasteiger partial charge < -0.3 is 5.11 Å². The number of ketones is 1. The lowest BCUT2D eigenvalue weighted by Crippen LogP contribution is -2.31. The van der Waals surface area contributed by atoms with Gasteiger partial charge in [0.15, 0.2) is 5.78 Å². The predicted octanol–water partition coefficient (Wildman–Crippen LogP) is 2.07. The number of Topliss-reactive ketones (excluding diaryl/α,β-unsaturated/α-hetero) is 1. The average Bonchev–Trinajstić information content (AvgIpc) is 2.53. The molecule has 1 heterocycles. The molecule has 9 nitrogen and oxygen atoms in total. The number of carboxylic acid groups (broad SMARTS) is 1. The minimum absolute atomic E-state index is 0.00902. The van der Waals surface area contributed by atoms with Gasteiger partial charge in [-0.1, -0.05) is 26.8 Å². The Morgan fingerprint density at radius 3 is 2.40 bits per heavy atom. The van der Waals surface area contributed by atoms with Gasteiger partial charge in [-0.25, -0.2) is 4.79 Å². The van der Waals surface area contributed by atoms with Crippen LogP contribution in [-0.2, 0) is 0 Å². The number of nitro groups is 1. The zero-order valence-corrected chi connectivity index (χ0v) is 13.7. The van der Waals surface area contributed by atoms with E-state index in [1.165, 1.54) is 18.2 Å². The lowest BCUT2D eigenvalue weighted by atomic mass is 9.88. The number of rotatable bonds is 4. The quantitative estimate of drug-likeness (QED) is 0.509. The van der Waals surface area contributed by atoms with Crippen LogP contribution in [0.15, 0.2) is 35.1 Å². The first kappa shape index (κ1) is 18.0. The number of carbonyl (C=O) groups excluding carboxylic acids is 1.